The van der Waals surface area contributed by atoms with Crippen LogP contribution >= 0.6 is 11.3 Å². The number of amides is 1. The first-order valence-corrected chi connectivity index (χ1v) is 10.2. The largest absolute Gasteiger partial charge is 0.325 e. The molecular weight excluding hydrogens is 382 g/mol. The maximum absolute atomic E-state index is 12.5. The van der Waals surface area contributed by atoms with Crippen molar-refractivity contribution in [3.05, 3.63) is 93.9 Å². The van der Waals surface area contributed by atoms with Crippen LogP contribution in [0.2, 0.25) is 0 Å². The summed E-state index contributed by atoms with van der Waals surface area (Å²) in [4.78, 5) is 30.1. The third-order valence-electron chi connectivity index (χ3n) is 5.04. The second kappa shape index (κ2) is 7.14. The third-order valence-corrected chi connectivity index (χ3v) is 5.94. The molecule has 0 radical (unpaired) electrons. The fraction of sp³-hybridized carbons (Fsp3) is 0.0870. The monoisotopic (exact) mass is 399 g/mol. The van der Waals surface area contributed by atoms with Gasteiger partial charge in [0.2, 0.25) is 5.91 Å². The summed E-state index contributed by atoms with van der Waals surface area (Å²) < 4.78 is 1.32. The highest BCUT2D eigenvalue weighted by molar-refractivity contribution is 7.13. The molecule has 2 aromatic carbocycles. The molecule has 0 fully saturated rings. The van der Waals surface area contributed by atoms with Gasteiger partial charge in [0.15, 0.2) is 0 Å². The molecular formula is C23H17N3O2S. The molecule has 2 heterocycles. The van der Waals surface area contributed by atoms with E-state index < -0.39 is 0 Å². The summed E-state index contributed by atoms with van der Waals surface area (Å²) >= 11 is 1.52. The molecule has 1 N–H and O–H groups in total. The number of anilines is 1. The summed E-state index contributed by atoms with van der Waals surface area (Å²) in [5, 5.41) is 4.83. The van der Waals surface area contributed by atoms with Crippen molar-refractivity contribution < 1.29 is 4.79 Å². The summed E-state index contributed by atoms with van der Waals surface area (Å²) in [6, 6.07) is 19.6. The number of hydrogen-bond acceptors (Lipinski definition) is 4. The first-order chi connectivity index (χ1) is 14.2. The Labute approximate surface area is 171 Å². The molecule has 0 bridgehead atoms. The molecule has 5 rings (SSSR count). The van der Waals surface area contributed by atoms with Crippen LogP contribution in [0.15, 0.2) is 77.2 Å². The topological polar surface area (TPSA) is 64.0 Å². The maximum Gasteiger partial charge on any atom is 0.254 e. The molecule has 142 valence electrons. The van der Waals surface area contributed by atoms with Gasteiger partial charge in [0.1, 0.15) is 6.54 Å². The van der Waals surface area contributed by atoms with Gasteiger partial charge < -0.3 is 5.32 Å². The summed E-state index contributed by atoms with van der Waals surface area (Å²) in [7, 11) is 0. The summed E-state index contributed by atoms with van der Waals surface area (Å²) in [5.74, 6) is -0.256. The molecule has 6 heteroatoms. The van der Waals surface area contributed by atoms with Crippen molar-refractivity contribution in [3.8, 4) is 21.7 Å². The number of thiophene rings is 1. The minimum absolute atomic E-state index is 0.0755. The molecule has 2 aromatic heterocycles. The Morgan fingerprint density at radius 3 is 2.72 bits per heavy atom. The van der Waals surface area contributed by atoms with Crippen LogP contribution < -0.4 is 10.9 Å². The van der Waals surface area contributed by atoms with Gasteiger partial charge in [0.05, 0.1) is 16.9 Å². The van der Waals surface area contributed by atoms with Crippen molar-refractivity contribution in [2.75, 3.05) is 5.32 Å². The first-order valence-electron chi connectivity index (χ1n) is 9.29. The van der Waals surface area contributed by atoms with Gasteiger partial charge in [-0.25, -0.2) is 4.98 Å². The van der Waals surface area contributed by atoms with E-state index in [2.05, 4.69) is 22.4 Å². The zero-order valence-corrected chi connectivity index (χ0v) is 16.3. The predicted octanol–water partition coefficient (Wildman–Crippen LogP) is 4.18. The van der Waals surface area contributed by atoms with Crippen LogP contribution in [-0.2, 0) is 17.8 Å². The highest BCUT2D eigenvalue weighted by atomic mass is 32.1. The van der Waals surface area contributed by atoms with E-state index in [1.54, 1.807) is 0 Å². The minimum atomic E-state index is -0.256. The van der Waals surface area contributed by atoms with E-state index in [0.717, 1.165) is 17.0 Å². The summed E-state index contributed by atoms with van der Waals surface area (Å²) in [5.41, 5.74) is 6.07. The SMILES string of the molecule is O=C(Cn1cnc(-c2cccs2)cc1=O)Nc1ccc2c(c1)Cc1ccccc1-2. The van der Waals surface area contributed by atoms with Gasteiger partial charge in [-0.05, 0) is 52.3 Å². The minimum Gasteiger partial charge on any atom is -0.325 e. The molecule has 0 aliphatic heterocycles. The number of nitrogens with one attached hydrogen (secondary N) is 1. The average molecular weight is 399 g/mol. The molecule has 0 saturated heterocycles. The van der Waals surface area contributed by atoms with Gasteiger partial charge in [0.25, 0.3) is 5.56 Å². The third kappa shape index (κ3) is 3.39. The molecule has 29 heavy (non-hydrogen) atoms. The number of rotatable bonds is 4. The fourth-order valence-electron chi connectivity index (χ4n) is 3.68. The number of carbonyl (C=O) groups is 1. The molecule has 1 amide bonds. The number of fused-ring (bicyclic) bond motifs is 3. The lowest BCUT2D eigenvalue weighted by Gasteiger charge is -2.09. The van der Waals surface area contributed by atoms with Crippen LogP contribution in [0.1, 0.15) is 11.1 Å². The Bertz CT molecular complexity index is 1280. The second-order valence-corrected chi connectivity index (χ2v) is 7.92. The van der Waals surface area contributed by atoms with E-state index in [1.807, 2.05) is 47.8 Å². The Hall–Kier alpha value is -3.51. The molecule has 5 nitrogen and oxygen atoms in total. The van der Waals surface area contributed by atoms with Crippen molar-refractivity contribution >= 4 is 22.9 Å². The number of carbonyl (C=O) groups excluding carboxylic acids is 1. The number of nitrogens with zero attached hydrogens (tertiary/aromatic N) is 2. The molecule has 1 aliphatic rings. The highest BCUT2D eigenvalue weighted by Crippen LogP contribution is 2.37. The molecule has 0 spiro atoms. The predicted molar refractivity (Wildman–Crippen MR) is 115 cm³/mol. The Kier molecular flexibility index (Phi) is 4.33. The molecule has 0 saturated carbocycles. The van der Waals surface area contributed by atoms with E-state index in [9.17, 15) is 9.59 Å². The van der Waals surface area contributed by atoms with Gasteiger partial charge in [-0.2, -0.15) is 0 Å². The van der Waals surface area contributed by atoms with Crippen molar-refractivity contribution in [1.29, 1.82) is 0 Å². The Morgan fingerprint density at radius 1 is 1.03 bits per heavy atom. The van der Waals surface area contributed by atoms with Crippen molar-refractivity contribution in [2.45, 2.75) is 13.0 Å². The molecule has 1 aliphatic carbocycles. The van der Waals surface area contributed by atoms with Crippen LogP contribution in [-0.4, -0.2) is 15.5 Å². The van der Waals surface area contributed by atoms with Crippen molar-refractivity contribution in [3.63, 3.8) is 0 Å². The van der Waals surface area contributed by atoms with Crippen LogP contribution in [0.25, 0.3) is 21.7 Å². The normalized spacial score (nSPS) is 11.7. The average Bonchev–Trinajstić information content (AvgIpc) is 3.37. The molecule has 0 unspecified atom stereocenters. The standard InChI is InChI=1S/C23H17N3O2S/c27-22(13-26-14-24-20(12-23(26)28)21-6-3-9-29-21)25-17-7-8-19-16(11-17)10-15-4-1-2-5-18(15)19/h1-9,11-12,14H,10,13H2,(H,25,27). The number of benzene rings is 2. The number of hydrogen-bond donors (Lipinski definition) is 1. The van der Waals surface area contributed by atoms with E-state index in [1.165, 1.54) is 50.6 Å². The zero-order chi connectivity index (χ0) is 19.8. The van der Waals surface area contributed by atoms with Gasteiger partial charge in [-0.3, -0.25) is 14.2 Å². The lowest BCUT2D eigenvalue weighted by Crippen LogP contribution is -2.27. The van der Waals surface area contributed by atoms with Gasteiger partial charge in [-0.1, -0.05) is 36.4 Å². The fourth-order valence-corrected chi connectivity index (χ4v) is 4.38. The maximum atomic E-state index is 12.5. The zero-order valence-electron chi connectivity index (χ0n) is 15.5. The van der Waals surface area contributed by atoms with Crippen LogP contribution in [0.4, 0.5) is 5.69 Å². The highest BCUT2D eigenvalue weighted by Gasteiger charge is 2.18. The molecule has 4 aromatic rings. The second-order valence-electron chi connectivity index (χ2n) is 6.97. The van der Waals surface area contributed by atoms with Crippen LogP contribution in [0, 0.1) is 0 Å². The lowest BCUT2D eigenvalue weighted by atomic mass is 10.1. The van der Waals surface area contributed by atoms with Gasteiger partial charge in [0, 0.05) is 11.8 Å². The Morgan fingerprint density at radius 2 is 1.90 bits per heavy atom. The van der Waals surface area contributed by atoms with Crippen LogP contribution in [0.5, 0.6) is 0 Å². The van der Waals surface area contributed by atoms with Gasteiger partial charge in [-0.15, -0.1) is 11.3 Å². The summed E-state index contributed by atoms with van der Waals surface area (Å²) in [6.07, 6.45) is 2.29. The summed E-state index contributed by atoms with van der Waals surface area (Å²) in [6.45, 7) is -0.0755. The number of aromatic nitrogens is 2. The van der Waals surface area contributed by atoms with Crippen LogP contribution in [0.3, 0.4) is 0 Å². The van der Waals surface area contributed by atoms with E-state index in [-0.39, 0.29) is 18.0 Å². The first kappa shape index (κ1) is 17.6. The smallest absolute Gasteiger partial charge is 0.254 e. The van der Waals surface area contributed by atoms with E-state index in [4.69, 9.17) is 0 Å². The molecule has 0 atom stereocenters. The van der Waals surface area contributed by atoms with Crippen molar-refractivity contribution in [1.82, 2.24) is 9.55 Å². The van der Waals surface area contributed by atoms with Crippen molar-refractivity contribution in [2.24, 2.45) is 0 Å². The lowest BCUT2D eigenvalue weighted by molar-refractivity contribution is -0.116. The van der Waals surface area contributed by atoms with E-state index >= 15 is 0 Å². The Balaban J connectivity index is 1.31. The van der Waals surface area contributed by atoms with E-state index in [0.29, 0.717) is 5.69 Å². The van der Waals surface area contributed by atoms with Gasteiger partial charge >= 0.3 is 0 Å². The quantitative estimate of drug-likeness (QED) is 0.493.